The summed E-state index contributed by atoms with van der Waals surface area (Å²) in [7, 11) is 2.07. The number of hydrogen-bond acceptors (Lipinski definition) is 3. The van der Waals surface area contributed by atoms with Crippen molar-refractivity contribution in [3.05, 3.63) is 30.1 Å². The third-order valence-electron chi connectivity index (χ3n) is 4.25. The fourth-order valence-electron chi connectivity index (χ4n) is 3.34. The van der Waals surface area contributed by atoms with E-state index in [0.29, 0.717) is 24.2 Å². The molecule has 2 aliphatic heterocycles. The maximum absolute atomic E-state index is 5.95. The summed E-state index contributed by atoms with van der Waals surface area (Å²) in [5.41, 5.74) is 1.36. The summed E-state index contributed by atoms with van der Waals surface area (Å²) in [5.74, 6) is 0.687. The van der Waals surface area contributed by atoms with E-state index in [1.54, 1.807) is 0 Å². The molecule has 1 aromatic heterocycles. The van der Waals surface area contributed by atoms with Gasteiger partial charge >= 0.3 is 0 Å². The summed E-state index contributed by atoms with van der Waals surface area (Å²) in [6, 6.07) is 4.75. The molecule has 0 saturated carbocycles. The highest BCUT2D eigenvalue weighted by Crippen LogP contribution is 2.40. The zero-order valence-corrected chi connectivity index (χ0v) is 10.3. The van der Waals surface area contributed by atoms with Crippen LogP contribution in [0.25, 0.3) is 0 Å². The van der Waals surface area contributed by atoms with Crippen molar-refractivity contribution in [1.29, 1.82) is 0 Å². The van der Waals surface area contributed by atoms with E-state index in [-0.39, 0.29) is 0 Å². The quantitative estimate of drug-likeness (QED) is 0.859. The van der Waals surface area contributed by atoms with Crippen molar-refractivity contribution < 1.29 is 4.74 Å². The van der Waals surface area contributed by atoms with E-state index in [0.717, 1.165) is 6.42 Å². The Balaban J connectivity index is 1.68. The molecule has 3 heterocycles. The zero-order chi connectivity index (χ0) is 11.7. The van der Waals surface area contributed by atoms with Crippen LogP contribution >= 0.6 is 0 Å². The molecule has 0 spiro atoms. The van der Waals surface area contributed by atoms with Gasteiger partial charge in [0.15, 0.2) is 0 Å². The molecule has 0 radical (unpaired) electrons. The van der Waals surface area contributed by atoms with Gasteiger partial charge in [0.25, 0.3) is 0 Å². The lowest BCUT2D eigenvalue weighted by atomic mass is 9.81. The third kappa shape index (κ3) is 2.22. The van der Waals surface area contributed by atoms with Crippen molar-refractivity contribution in [3.8, 4) is 0 Å². The van der Waals surface area contributed by atoms with Gasteiger partial charge in [-0.2, -0.15) is 0 Å². The number of rotatable bonds is 4. The van der Waals surface area contributed by atoms with Gasteiger partial charge in [0.2, 0.25) is 0 Å². The minimum Gasteiger partial charge on any atom is -0.375 e. The van der Waals surface area contributed by atoms with Crippen LogP contribution in [0.2, 0.25) is 0 Å². The first-order valence-electron chi connectivity index (χ1n) is 6.58. The molecule has 4 unspecified atom stereocenters. The maximum atomic E-state index is 5.95. The standard InChI is InChI=1S/C14H20N2O/c1-15-13(8-10-4-6-16-7-5-10)12-9-11-2-3-14(12)17-11/h4-7,11-15H,2-3,8-9H2,1H3. The van der Waals surface area contributed by atoms with Crippen LogP contribution in [0, 0.1) is 5.92 Å². The molecule has 3 rings (SSSR count). The van der Waals surface area contributed by atoms with Crippen LogP contribution in [-0.4, -0.2) is 30.3 Å². The lowest BCUT2D eigenvalue weighted by Gasteiger charge is -2.28. The van der Waals surface area contributed by atoms with Gasteiger partial charge in [0.05, 0.1) is 12.2 Å². The molecule has 3 heteroatoms. The molecule has 2 aliphatic rings. The predicted molar refractivity (Wildman–Crippen MR) is 66.8 cm³/mol. The number of aromatic nitrogens is 1. The smallest absolute Gasteiger partial charge is 0.0623 e. The van der Waals surface area contributed by atoms with E-state index in [2.05, 4.69) is 29.5 Å². The first kappa shape index (κ1) is 11.2. The van der Waals surface area contributed by atoms with E-state index in [1.807, 2.05) is 12.4 Å². The number of pyridine rings is 1. The molecule has 1 N–H and O–H groups in total. The first-order chi connectivity index (χ1) is 8.36. The van der Waals surface area contributed by atoms with Crippen LogP contribution in [0.5, 0.6) is 0 Å². The van der Waals surface area contributed by atoms with Crippen molar-refractivity contribution >= 4 is 0 Å². The van der Waals surface area contributed by atoms with Gasteiger partial charge < -0.3 is 10.1 Å². The molecule has 4 atom stereocenters. The average molecular weight is 232 g/mol. The van der Waals surface area contributed by atoms with E-state index < -0.39 is 0 Å². The summed E-state index contributed by atoms with van der Waals surface area (Å²) in [4.78, 5) is 4.07. The summed E-state index contributed by atoms with van der Waals surface area (Å²) in [6.07, 6.45) is 9.63. The molecule has 0 aromatic carbocycles. The minimum absolute atomic E-state index is 0.499. The number of hydrogen-bond donors (Lipinski definition) is 1. The van der Waals surface area contributed by atoms with Crippen molar-refractivity contribution in [1.82, 2.24) is 10.3 Å². The Morgan fingerprint density at radius 3 is 2.82 bits per heavy atom. The van der Waals surface area contributed by atoms with Crippen molar-refractivity contribution in [3.63, 3.8) is 0 Å². The number of nitrogens with one attached hydrogen (secondary N) is 1. The highest BCUT2D eigenvalue weighted by molar-refractivity contribution is 5.12. The Morgan fingerprint density at radius 2 is 2.24 bits per heavy atom. The number of ether oxygens (including phenoxy) is 1. The third-order valence-corrected chi connectivity index (χ3v) is 4.25. The molecular weight excluding hydrogens is 212 g/mol. The minimum atomic E-state index is 0.499. The molecule has 2 fully saturated rings. The topological polar surface area (TPSA) is 34.2 Å². The van der Waals surface area contributed by atoms with Gasteiger partial charge in [-0.05, 0) is 50.4 Å². The summed E-state index contributed by atoms with van der Waals surface area (Å²) in [5, 5.41) is 3.48. The maximum Gasteiger partial charge on any atom is 0.0623 e. The Bertz CT molecular complexity index is 368. The van der Waals surface area contributed by atoms with E-state index in [4.69, 9.17) is 4.74 Å². The molecule has 92 valence electrons. The van der Waals surface area contributed by atoms with E-state index in [1.165, 1.54) is 24.8 Å². The fraction of sp³-hybridized carbons (Fsp3) is 0.643. The number of fused-ring (bicyclic) bond motifs is 2. The predicted octanol–water partition coefficient (Wildman–Crippen LogP) is 1.78. The van der Waals surface area contributed by atoms with Crippen LogP contribution in [0.4, 0.5) is 0 Å². The Morgan fingerprint density at radius 1 is 1.41 bits per heavy atom. The van der Waals surface area contributed by atoms with Crippen LogP contribution < -0.4 is 5.32 Å². The Kier molecular flexibility index (Phi) is 3.12. The van der Waals surface area contributed by atoms with Gasteiger partial charge in [-0.3, -0.25) is 4.98 Å². The SMILES string of the molecule is CNC(Cc1ccncc1)C1CC2CCC1O2. The second-order valence-corrected chi connectivity index (χ2v) is 5.23. The molecule has 0 aliphatic carbocycles. The molecule has 2 saturated heterocycles. The first-order valence-corrected chi connectivity index (χ1v) is 6.58. The van der Waals surface area contributed by atoms with Crippen LogP contribution in [-0.2, 0) is 11.2 Å². The molecule has 2 bridgehead atoms. The second-order valence-electron chi connectivity index (χ2n) is 5.23. The van der Waals surface area contributed by atoms with Crippen molar-refractivity contribution in [2.75, 3.05) is 7.05 Å². The average Bonchev–Trinajstić information content (AvgIpc) is 2.99. The highest BCUT2D eigenvalue weighted by Gasteiger charge is 2.43. The second kappa shape index (κ2) is 4.75. The molecule has 17 heavy (non-hydrogen) atoms. The fourth-order valence-corrected chi connectivity index (χ4v) is 3.34. The van der Waals surface area contributed by atoms with Gasteiger partial charge in [-0.15, -0.1) is 0 Å². The summed E-state index contributed by atoms with van der Waals surface area (Å²) in [6.45, 7) is 0. The Hall–Kier alpha value is -0.930. The zero-order valence-electron chi connectivity index (χ0n) is 10.3. The van der Waals surface area contributed by atoms with Crippen LogP contribution in [0.15, 0.2) is 24.5 Å². The molecule has 3 nitrogen and oxygen atoms in total. The summed E-state index contributed by atoms with van der Waals surface area (Å²) >= 11 is 0. The van der Waals surface area contributed by atoms with E-state index >= 15 is 0 Å². The normalized spacial score (nSPS) is 32.9. The molecule has 0 amide bonds. The molecular formula is C14H20N2O. The molecule has 1 aromatic rings. The van der Waals surface area contributed by atoms with Crippen LogP contribution in [0.3, 0.4) is 0 Å². The highest BCUT2D eigenvalue weighted by atomic mass is 16.5. The van der Waals surface area contributed by atoms with Crippen LogP contribution in [0.1, 0.15) is 24.8 Å². The number of nitrogens with zero attached hydrogens (tertiary/aromatic N) is 1. The van der Waals surface area contributed by atoms with Gasteiger partial charge in [0, 0.05) is 24.4 Å². The Labute approximate surface area is 103 Å². The van der Waals surface area contributed by atoms with Crippen molar-refractivity contribution in [2.45, 2.75) is 43.9 Å². The van der Waals surface area contributed by atoms with Gasteiger partial charge in [-0.25, -0.2) is 0 Å². The monoisotopic (exact) mass is 232 g/mol. The lowest BCUT2D eigenvalue weighted by Crippen LogP contribution is -2.40. The largest absolute Gasteiger partial charge is 0.375 e. The van der Waals surface area contributed by atoms with Gasteiger partial charge in [-0.1, -0.05) is 0 Å². The van der Waals surface area contributed by atoms with Crippen molar-refractivity contribution in [2.24, 2.45) is 5.92 Å². The lowest BCUT2D eigenvalue weighted by molar-refractivity contribution is 0.0863. The summed E-state index contributed by atoms with van der Waals surface area (Å²) < 4.78 is 5.95. The number of likely N-dealkylation sites (N-methyl/N-ethyl adjacent to an activating group) is 1. The van der Waals surface area contributed by atoms with Gasteiger partial charge in [0.1, 0.15) is 0 Å². The van der Waals surface area contributed by atoms with E-state index in [9.17, 15) is 0 Å².